The van der Waals surface area contributed by atoms with E-state index in [2.05, 4.69) is 0 Å². The van der Waals surface area contributed by atoms with Crippen LogP contribution in [-0.4, -0.2) is 57.0 Å². The number of anilines is 2. The summed E-state index contributed by atoms with van der Waals surface area (Å²) in [5.74, 6) is -0.0177. The molecule has 1 fully saturated rings. The third kappa shape index (κ3) is 3.47. The number of carbonyl (C=O) groups excluding carboxylic acids is 1. The summed E-state index contributed by atoms with van der Waals surface area (Å²) >= 11 is 0. The fourth-order valence-electron chi connectivity index (χ4n) is 2.17. The van der Waals surface area contributed by atoms with Crippen LogP contribution in [0.2, 0.25) is 0 Å². The average Bonchev–Trinajstić information content (AvgIpc) is 2.47. The molecule has 0 aliphatic carbocycles. The minimum absolute atomic E-state index is 0.0177. The second-order valence-corrected chi connectivity index (χ2v) is 4.88. The summed E-state index contributed by atoms with van der Waals surface area (Å²) < 4.78 is 5.11. The van der Waals surface area contributed by atoms with Gasteiger partial charge in [-0.05, 0) is 24.3 Å². The van der Waals surface area contributed by atoms with Crippen molar-refractivity contribution in [1.29, 1.82) is 0 Å². The monoisotopic (exact) mass is 279 g/mol. The molecule has 6 nitrogen and oxygen atoms in total. The Morgan fingerprint density at radius 1 is 1.45 bits per heavy atom. The number of likely N-dealkylation sites (N-methyl/N-ethyl adjacent to an activating group) is 1. The molecule has 1 aliphatic rings. The van der Waals surface area contributed by atoms with Crippen molar-refractivity contribution >= 4 is 17.3 Å². The van der Waals surface area contributed by atoms with Crippen molar-refractivity contribution in [2.75, 3.05) is 49.7 Å². The van der Waals surface area contributed by atoms with E-state index >= 15 is 0 Å². The normalized spacial score (nSPS) is 17.1. The molecule has 1 atom stereocenters. The van der Waals surface area contributed by atoms with Crippen LogP contribution in [0, 0.1) is 0 Å². The van der Waals surface area contributed by atoms with E-state index in [4.69, 9.17) is 10.5 Å². The van der Waals surface area contributed by atoms with Gasteiger partial charge >= 0.3 is 0 Å². The van der Waals surface area contributed by atoms with E-state index in [0.717, 1.165) is 11.4 Å². The molecular formula is C14H21N3O3. The van der Waals surface area contributed by atoms with Gasteiger partial charge in [0.15, 0.2) is 0 Å². The van der Waals surface area contributed by atoms with Gasteiger partial charge < -0.3 is 25.4 Å². The van der Waals surface area contributed by atoms with Crippen LogP contribution in [0.1, 0.15) is 0 Å². The van der Waals surface area contributed by atoms with Crippen molar-refractivity contribution in [2.24, 2.45) is 5.73 Å². The first-order valence-corrected chi connectivity index (χ1v) is 6.69. The standard InChI is InChI=1S/C14H21N3O3/c1-16(9-13(18)8-15)11-2-4-12(5-3-11)17-6-7-20-10-14(17)19/h2-5,13,18H,6-10,15H2,1H3/t13-/m0/s1. The Morgan fingerprint density at radius 2 is 2.15 bits per heavy atom. The largest absolute Gasteiger partial charge is 0.390 e. The van der Waals surface area contributed by atoms with E-state index in [0.29, 0.717) is 19.7 Å². The third-order valence-corrected chi connectivity index (χ3v) is 3.34. The van der Waals surface area contributed by atoms with Crippen LogP contribution in [0.5, 0.6) is 0 Å². The van der Waals surface area contributed by atoms with Gasteiger partial charge in [0.25, 0.3) is 5.91 Å². The van der Waals surface area contributed by atoms with Gasteiger partial charge in [-0.15, -0.1) is 0 Å². The Kier molecular flexibility index (Phi) is 4.94. The summed E-state index contributed by atoms with van der Waals surface area (Å²) in [7, 11) is 1.90. The number of benzene rings is 1. The second-order valence-electron chi connectivity index (χ2n) is 4.88. The summed E-state index contributed by atoms with van der Waals surface area (Å²) in [5, 5.41) is 9.55. The zero-order valence-corrected chi connectivity index (χ0v) is 11.7. The number of hydrogen-bond acceptors (Lipinski definition) is 5. The number of rotatable bonds is 5. The molecule has 1 aliphatic heterocycles. The number of carbonyl (C=O) groups is 1. The van der Waals surface area contributed by atoms with E-state index in [9.17, 15) is 9.90 Å². The number of nitrogens with two attached hydrogens (primary N) is 1. The van der Waals surface area contributed by atoms with Gasteiger partial charge in [-0.3, -0.25) is 4.79 Å². The molecule has 1 aromatic carbocycles. The lowest BCUT2D eigenvalue weighted by Gasteiger charge is -2.28. The first-order chi connectivity index (χ1) is 9.61. The maximum absolute atomic E-state index is 11.7. The SMILES string of the molecule is CN(C[C@@H](O)CN)c1ccc(N2CCOCC2=O)cc1. The lowest BCUT2D eigenvalue weighted by Crippen LogP contribution is -2.41. The number of aliphatic hydroxyl groups excluding tert-OH is 1. The zero-order chi connectivity index (χ0) is 14.5. The van der Waals surface area contributed by atoms with Gasteiger partial charge in [-0.25, -0.2) is 0 Å². The van der Waals surface area contributed by atoms with Crippen molar-refractivity contribution in [2.45, 2.75) is 6.10 Å². The summed E-state index contributed by atoms with van der Waals surface area (Å²) in [5.41, 5.74) is 7.25. The average molecular weight is 279 g/mol. The minimum atomic E-state index is -0.541. The molecule has 0 saturated carbocycles. The van der Waals surface area contributed by atoms with Crippen LogP contribution in [0.15, 0.2) is 24.3 Å². The van der Waals surface area contributed by atoms with Gasteiger partial charge in [0.05, 0.1) is 12.7 Å². The Labute approximate surface area is 118 Å². The highest BCUT2D eigenvalue weighted by atomic mass is 16.5. The number of ether oxygens (including phenoxy) is 1. The Hall–Kier alpha value is -1.63. The molecule has 1 aromatic rings. The highest BCUT2D eigenvalue weighted by molar-refractivity contribution is 5.95. The third-order valence-electron chi connectivity index (χ3n) is 3.34. The number of morpholine rings is 1. The van der Waals surface area contributed by atoms with Gasteiger partial charge in [0.1, 0.15) is 6.61 Å². The number of nitrogens with zero attached hydrogens (tertiary/aromatic N) is 2. The first-order valence-electron chi connectivity index (χ1n) is 6.69. The molecule has 0 aromatic heterocycles. The van der Waals surface area contributed by atoms with E-state index in [-0.39, 0.29) is 19.1 Å². The molecule has 3 N–H and O–H groups in total. The van der Waals surface area contributed by atoms with Crippen molar-refractivity contribution < 1.29 is 14.6 Å². The highest BCUT2D eigenvalue weighted by Gasteiger charge is 2.20. The Morgan fingerprint density at radius 3 is 2.75 bits per heavy atom. The molecule has 1 saturated heterocycles. The van der Waals surface area contributed by atoms with Crippen LogP contribution in [0.4, 0.5) is 11.4 Å². The van der Waals surface area contributed by atoms with Crippen molar-refractivity contribution in [3.8, 4) is 0 Å². The lowest BCUT2D eigenvalue weighted by molar-refractivity contribution is -0.125. The molecule has 0 unspecified atom stereocenters. The molecule has 1 amide bonds. The number of amides is 1. The predicted molar refractivity (Wildman–Crippen MR) is 77.9 cm³/mol. The molecular weight excluding hydrogens is 258 g/mol. The van der Waals surface area contributed by atoms with E-state index in [1.807, 2.05) is 36.2 Å². The van der Waals surface area contributed by atoms with Gasteiger partial charge in [0.2, 0.25) is 0 Å². The first kappa shape index (κ1) is 14.8. The van der Waals surface area contributed by atoms with Gasteiger partial charge in [-0.2, -0.15) is 0 Å². The molecule has 0 radical (unpaired) electrons. The fourth-order valence-corrected chi connectivity index (χ4v) is 2.17. The molecule has 20 heavy (non-hydrogen) atoms. The lowest BCUT2D eigenvalue weighted by atomic mass is 10.2. The topological polar surface area (TPSA) is 79.0 Å². The predicted octanol–water partition coefficient (Wildman–Crippen LogP) is -0.194. The van der Waals surface area contributed by atoms with E-state index in [1.54, 1.807) is 4.90 Å². The summed E-state index contributed by atoms with van der Waals surface area (Å²) in [6, 6.07) is 7.68. The maximum Gasteiger partial charge on any atom is 0.253 e. The fraction of sp³-hybridized carbons (Fsp3) is 0.500. The van der Waals surface area contributed by atoms with E-state index in [1.165, 1.54) is 0 Å². The number of hydrogen-bond donors (Lipinski definition) is 2. The van der Waals surface area contributed by atoms with Crippen LogP contribution in [0.25, 0.3) is 0 Å². The molecule has 1 heterocycles. The second kappa shape index (κ2) is 6.69. The summed E-state index contributed by atoms with van der Waals surface area (Å²) in [6.45, 7) is 2.01. The van der Waals surface area contributed by atoms with Crippen LogP contribution in [0.3, 0.4) is 0 Å². The quantitative estimate of drug-likeness (QED) is 0.781. The van der Waals surface area contributed by atoms with Crippen molar-refractivity contribution in [1.82, 2.24) is 0 Å². The van der Waals surface area contributed by atoms with Crippen molar-refractivity contribution in [3.05, 3.63) is 24.3 Å². The van der Waals surface area contributed by atoms with E-state index < -0.39 is 6.10 Å². The Bertz CT molecular complexity index is 449. The smallest absolute Gasteiger partial charge is 0.253 e. The van der Waals surface area contributed by atoms with Crippen molar-refractivity contribution in [3.63, 3.8) is 0 Å². The minimum Gasteiger partial charge on any atom is -0.390 e. The van der Waals surface area contributed by atoms with Gasteiger partial charge in [0, 0.05) is 38.1 Å². The van der Waals surface area contributed by atoms with Crippen LogP contribution >= 0.6 is 0 Å². The number of aliphatic hydroxyl groups is 1. The molecule has 110 valence electrons. The highest BCUT2D eigenvalue weighted by Crippen LogP contribution is 2.21. The molecule has 0 spiro atoms. The van der Waals surface area contributed by atoms with Crippen LogP contribution in [-0.2, 0) is 9.53 Å². The maximum atomic E-state index is 11.7. The molecule has 0 bridgehead atoms. The summed E-state index contributed by atoms with van der Waals surface area (Å²) in [4.78, 5) is 15.4. The molecule has 6 heteroatoms. The van der Waals surface area contributed by atoms with Gasteiger partial charge in [-0.1, -0.05) is 0 Å². The van der Waals surface area contributed by atoms with Crippen LogP contribution < -0.4 is 15.5 Å². The molecule has 2 rings (SSSR count). The Balaban J connectivity index is 2.03. The summed E-state index contributed by atoms with van der Waals surface area (Å²) in [6.07, 6.45) is -0.541. The zero-order valence-electron chi connectivity index (χ0n) is 11.7.